The summed E-state index contributed by atoms with van der Waals surface area (Å²) in [5.41, 5.74) is -2.08. The highest BCUT2D eigenvalue weighted by atomic mass is 19.4. The van der Waals surface area contributed by atoms with Gasteiger partial charge in [0.1, 0.15) is 0 Å². The second kappa shape index (κ2) is 7.94. The fourth-order valence-corrected chi connectivity index (χ4v) is 2.29. The minimum Gasteiger partial charge on any atom is -0.490 e. The monoisotopic (exact) mass is 397 g/mol. The summed E-state index contributed by atoms with van der Waals surface area (Å²) in [7, 11) is 1.21. The van der Waals surface area contributed by atoms with E-state index in [-0.39, 0.29) is 22.7 Å². The fourth-order valence-electron chi connectivity index (χ4n) is 2.29. The Morgan fingerprint density at radius 3 is 2.29 bits per heavy atom. The molecule has 0 saturated heterocycles. The molecule has 11 heteroatoms. The Labute approximate surface area is 156 Å². The normalized spacial score (nSPS) is 10.9. The number of nitro benzene ring substituents is 1. The largest absolute Gasteiger partial charge is 0.490 e. The quantitative estimate of drug-likeness (QED) is 0.588. The number of anilines is 2. The lowest BCUT2D eigenvalue weighted by molar-refractivity contribution is -0.385. The molecule has 28 heavy (non-hydrogen) atoms. The first-order chi connectivity index (χ1) is 13.0. The average Bonchev–Trinajstić information content (AvgIpc) is 2.61. The third-order valence-corrected chi connectivity index (χ3v) is 3.54. The SMILES string of the molecule is COc1ccc(C(=O)Nc2cc(C(F)(F)F)ccc2NC(C)=O)cc1[N+](=O)[O-]. The number of benzene rings is 2. The van der Waals surface area contributed by atoms with Crippen molar-refractivity contribution in [1.29, 1.82) is 0 Å². The van der Waals surface area contributed by atoms with Crippen molar-refractivity contribution in [2.75, 3.05) is 17.7 Å². The molecule has 0 bridgehead atoms. The number of nitrogens with one attached hydrogen (secondary N) is 2. The second-order valence-electron chi connectivity index (χ2n) is 5.54. The Kier molecular flexibility index (Phi) is 5.87. The molecule has 0 radical (unpaired) electrons. The highest BCUT2D eigenvalue weighted by Crippen LogP contribution is 2.34. The molecule has 0 saturated carbocycles. The van der Waals surface area contributed by atoms with Gasteiger partial charge in [-0.2, -0.15) is 13.2 Å². The minimum atomic E-state index is -4.67. The predicted octanol–water partition coefficient (Wildman–Crippen LogP) is 3.83. The molecule has 0 atom stereocenters. The summed E-state index contributed by atoms with van der Waals surface area (Å²) < 4.78 is 43.7. The first kappa shape index (κ1) is 20.7. The van der Waals surface area contributed by atoms with Gasteiger partial charge in [-0.3, -0.25) is 19.7 Å². The molecular formula is C17H14F3N3O5. The molecule has 2 rings (SSSR count). The van der Waals surface area contributed by atoms with Crippen LogP contribution in [0.15, 0.2) is 36.4 Å². The highest BCUT2D eigenvalue weighted by molar-refractivity contribution is 6.07. The molecule has 0 aliphatic rings. The summed E-state index contributed by atoms with van der Waals surface area (Å²) >= 11 is 0. The Morgan fingerprint density at radius 1 is 1.07 bits per heavy atom. The van der Waals surface area contributed by atoms with E-state index in [1.165, 1.54) is 19.2 Å². The average molecular weight is 397 g/mol. The molecule has 0 aliphatic carbocycles. The Balaban J connectivity index is 2.43. The van der Waals surface area contributed by atoms with E-state index < -0.39 is 34.2 Å². The lowest BCUT2D eigenvalue weighted by Gasteiger charge is -2.15. The van der Waals surface area contributed by atoms with Crippen molar-refractivity contribution in [3.63, 3.8) is 0 Å². The van der Waals surface area contributed by atoms with Crippen molar-refractivity contribution in [3.05, 3.63) is 57.6 Å². The number of hydrogen-bond donors (Lipinski definition) is 2. The van der Waals surface area contributed by atoms with E-state index in [9.17, 15) is 32.9 Å². The van der Waals surface area contributed by atoms with Gasteiger partial charge < -0.3 is 15.4 Å². The van der Waals surface area contributed by atoms with Crippen LogP contribution < -0.4 is 15.4 Å². The number of alkyl halides is 3. The number of amides is 2. The van der Waals surface area contributed by atoms with E-state index in [4.69, 9.17) is 4.74 Å². The molecule has 148 valence electrons. The summed E-state index contributed by atoms with van der Waals surface area (Å²) in [5, 5.41) is 15.6. The molecule has 0 fully saturated rings. The summed E-state index contributed by atoms with van der Waals surface area (Å²) in [6.45, 7) is 1.15. The maximum Gasteiger partial charge on any atom is 0.416 e. The van der Waals surface area contributed by atoms with Crippen LogP contribution in [-0.2, 0) is 11.0 Å². The topological polar surface area (TPSA) is 111 Å². The summed E-state index contributed by atoms with van der Waals surface area (Å²) in [6.07, 6.45) is -4.67. The van der Waals surface area contributed by atoms with Gasteiger partial charge in [0.15, 0.2) is 5.75 Å². The highest BCUT2D eigenvalue weighted by Gasteiger charge is 2.31. The van der Waals surface area contributed by atoms with E-state index in [1.54, 1.807) is 0 Å². The van der Waals surface area contributed by atoms with E-state index in [0.29, 0.717) is 6.07 Å². The third-order valence-electron chi connectivity index (χ3n) is 3.54. The van der Waals surface area contributed by atoms with Gasteiger partial charge in [-0.05, 0) is 30.3 Å². The van der Waals surface area contributed by atoms with Gasteiger partial charge in [-0.1, -0.05) is 0 Å². The van der Waals surface area contributed by atoms with E-state index in [0.717, 1.165) is 25.1 Å². The number of ether oxygens (including phenoxy) is 1. The van der Waals surface area contributed by atoms with Crippen LogP contribution in [-0.4, -0.2) is 23.8 Å². The van der Waals surface area contributed by atoms with Gasteiger partial charge in [0.2, 0.25) is 5.91 Å². The molecule has 8 nitrogen and oxygen atoms in total. The number of halogens is 3. The van der Waals surface area contributed by atoms with Crippen LogP contribution in [0.2, 0.25) is 0 Å². The van der Waals surface area contributed by atoms with Gasteiger partial charge in [-0.25, -0.2) is 0 Å². The van der Waals surface area contributed by atoms with Crippen LogP contribution in [0.1, 0.15) is 22.8 Å². The molecule has 0 aliphatic heterocycles. The van der Waals surface area contributed by atoms with Gasteiger partial charge in [0.25, 0.3) is 5.91 Å². The van der Waals surface area contributed by atoms with E-state index >= 15 is 0 Å². The van der Waals surface area contributed by atoms with Gasteiger partial charge in [0, 0.05) is 18.6 Å². The summed E-state index contributed by atoms with van der Waals surface area (Å²) in [4.78, 5) is 34.0. The fraction of sp³-hybridized carbons (Fsp3) is 0.176. The maximum absolute atomic E-state index is 13.0. The van der Waals surface area contributed by atoms with Crippen LogP contribution in [0.25, 0.3) is 0 Å². The van der Waals surface area contributed by atoms with Crippen molar-refractivity contribution in [1.82, 2.24) is 0 Å². The maximum atomic E-state index is 13.0. The van der Waals surface area contributed by atoms with Crippen molar-refractivity contribution in [2.24, 2.45) is 0 Å². The van der Waals surface area contributed by atoms with Crippen LogP contribution in [0.3, 0.4) is 0 Å². The predicted molar refractivity (Wildman–Crippen MR) is 93.3 cm³/mol. The number of nitrogens with zero attached hydrogens (tertiary/aromatic N) is 1. The minimum absolute atomic E-state index is 0.0585. The molecule has 0 unspecified atom stereocenters. The molecular weight excluding hydrogens is 383 g/mol. The molecule has 0 heterocycles. The van der Waals surface area contributed by atoms with E-state index in [2.05, 4.69) is 10.6 Å². The van der Waals surface area contributed by atoms with Crippen LogP contribution in [0, 0.1) is 10.1 Å². The van der Waals surface area contributed by atoms with Gasteiger partial charge >= 0.3 is 11.9 Å². The molecule has 2 N–H and O–H groups in total. The van der Waals surface area contributed by atoms with Gasteiger partial charge in [0.05, 0.1) is 29.0 Å². The Morgan fingerprint density at radius 2 is 1.75 bits per heavy atom. The van der Waals surface area contributed by atoms with Crippen LogP contribution in [0.5, 0.6) is 5.75 Å². The number of carbonyl (C=O) groups excluding carboxylic acids is 2. The number of hydrogen-bond acceptors (Lipinski definition) is 5. The lowest BCUT2D eigenvalue weighted by atomic mass is 10.1. The van der Waals surface area contributed by atoms with Crippen LogP contribution in [0.4, 0.5) is 30.2 Å². The van der Waals surface area contributed by atoms with Crippen molar-refractivity contribution in [3.8, 4) is 5.75 Å². The first-order valence-corrected chi connectivity index (χ1v) is 7.65. The number of nitro groups is 1. The molecule has 2 aromatic carbocycles. The number of carbonyl (C=O) groups is 2. The van der Waals surface area contributed by atoms with Gasteiger partial charge in [-0.15, -0.1) is 0 Å². The molecule has 0 spiro atoms. The zero-order chi connectivity index (χ0) is 21.1. The van der Waals surface area contributed by atoms with Crippen molar-refractivity contribution in [2.45, 2.75) is 13.1 Å². The second-order valence-corrected chi connectivity index (χ2v) is 5.54. The Bertz CT molecular complexity index is 944. The number of methoxy groups -OCH3 is 1. The molecule has 0 aromatic heterocycles. The van der Waals surface area contributed by atoms with Crippen LogP contribution >= 0.6 is 0 Å². The first-order valence-electron chi connectivity index (χ1n) is 7.65. The lowest BCUT2D eigenvalue weighted by Crippen LogP contribution is -2.16. The zero-order valence-corrected chi connectivity index (χ0v) is 14.6. The number of rotatable bonds is 5. The third kappa shape index (κ3) is 4.75. The van der Waals surface area contributed by atoms with E-state index in [1.807, 2.05) is 0 Å². The van der Waals surface area contributed by atoms with Crippen molar-refractivity contribution < 1.29 is 32.4 Å². The smallest absolute Gasteiger partial charge is 0.416 e. The standard InChI is InChI=1S/C17H14F3N3O5/c1-9(24)21-12-5-4-11(17(18,19)20)8-13(12)22-16(25)10-3-6-15(28-2)14(7-10)23(26)27/h3-8H,1-2H3,(H,21,24)(H,22,25). The summed E-state index contributed by atoms with van der Waals surface area (Å²) in [6, 6.07) is 5.73. The molecule has 2 aromatic rings. The zero-order valence-electron chi connectivity index (χ0n) is 14.6. The Hall–Kier alpha value is -3.63. The molecule has 2 amide bonds. The van der Waals surface area contributed by atoms with Crippen molar-refractivity contribution >= 4 is 28.9 Å². The summed E-state index contributed by atoms with van der Waals surface area (Å²) in [5.74, 6) is -1.55.